The molecule has 0 fully saturated rings. The second kappa shape index (κ2) is 3.66. The van der Waals surface area contributed by atoms with Gasteiger partial charge in [0, 0.05) is 18.3 Å². The van der Waals surface area contributed by atoms with Crippen molar-refractivity contribution in [1.29, 1.82) is 0 Å². The van der Waals surface area contributed by atoms with Crippen molar-refractivity contribution in [1.82, 2.24) is 9.78 Å². The second-order valence-electron chi connectivity index (χ2n) is 4.20. The number of carbonyl (C=O) groups is 1. The highest BCUT2D eigenvalue weighted by Crippen LogP contribution is 2.30. The summed E-state index contributed by atoms with van der Waals surface area (Å²) in [7, 11) is 1.85. The zero-order valence-electron chi connectivity index (χ0n) is 9.40. The molecule has 0 amide bonds. The van der Waals surface area contributed by atoms with Gasteiger partial charge in [0.1, 0.15) is 0 Å². The molecule has 86 valence electrons. The van der Waals surface area contributed by atoms with E-state index in [1.165, 1.54) is 0 Å². The Morgan fingerprint density at radius 2 is 2.38 bits per heavy atom. The van der Waals surface area contributed by atoms with Gasteiger partial charge >= 0.3 is 5.97 Å². The maximum Gasteiger partial charge on any atom is 0.333 e. The minimum atomic E-state index is -0.929. The highest BCUT2D eigenvalue weighted by atomic mass is 16.4. The summed E-state index contributed by atoms with van der Waals surface area (Å²) in [5.41, 5.74) is 8.40. The summed E-state index contributed by atoms with van der Waals surface area (Å²) >= 11 is 0. The third-order valence-corrected chi connectivity index (χ3v) is 3.18. The molecule has 1 aliphatic rings. The fourth-order valence-electron chi connectivity index (χ4n) is 2.22. The minimum Gasteiger partial charge on any atom is -0.478 e. The molecule has 1 aliphatic carbocycles. The lowest BCUT2D eigenvalue weighted by Gasteiger charge is -2.10. The fraction of sp³-hybridized carbons (Fsp3) is 0.455. The van der Waals surface area contributed by atoms with Gasteiger partial charge in [-0.15, -0.1) is 0 Å². The van der Waals surface area contributed by atoms with E-state index in [-0.39, 0.29) is 5.92 Å². The van der Waals surface area contributed by atoms with Crippen LogP contribution in [0.4, 0.5) is 0 Å². The van der Waals surface area contributed by atoms with Crippen LogP contribution < -0.4 is 5.73 Å². The van der Waals surface area contributed by atoms with Crippen molar-refractivity contribution in [3.63, 3.8) is 0 Å². The van der Waals surface area contributed by atoms with E-state index in [1.807, 2.05) is 14.0 Å². The number of rotatable bonds is 1. The largest absolute Gasteiger partial charge is 0.478 e. The predicted molar refractivity (Wildman–Crippen MR) is 59.4 cm³/mol. The lowest BCUT2D eigenvalue weighted by atomic mass is 9.96. The molecule has 1 atom stereocenters. The maximum absolute atomic E-state index is 11.2. The Balaban J connectivity index is 2.62. The molecule has 5 heteroatoms. The van der Waals surface area contributed by atoms with Crippen LogP contribution in [0.5, 0.6) is 0 Å². The van der Waals surface area contributed by atoms with Crippen LogP contribution in [-0.4, -0.2) is 20.9 Å². The summed E-state index contributed by atoms with van der Waals surface area (Å²) in [6.07, 6.45) is 3.24. The molecule has 1 aromatic rings. The van der Waals surface area contributed by atoms with Crippen LogP contribution in [0.15, 0.2) is 11.8 Å². The Bertz CT molecular complexity index is 474. The average Bonchev–Trinajstić information content (AvgIpc) is 2.50. The van der Waals surface area contributed by atoms with Gasteiger partial charge in [0.2, 0.25) is 0 Å². The Morgan fingerprint density at radius 1 is 1.69 bits per heavy atom. The number of nitrogens with zero attached hydrogens (tertiary/aromatic N) is 2. The number of aryl methyl sites for hydroxylation is 1. The van der Waals surface area contributed by atoms with Gasteiger partial charge in [0.15, 0.2) is 0 Å². The zero-order chi connectivity index (χ0) is 11.9. The van der Waals surface area contributed by atoms with Crippen LogP contribution in [0, 0.1) is 5.92 Å². The van der Waals surface area contributed by atoms with Gasteiger partial charge in [-0.25, -0.2) is 4.79 Å². The molecule has 0 spiro atoms. The highest BCUT2D eigenvalue weighted by Gasteiger charge is 2.26. The maximum atomic E-state index is 11.2. The fourth-order valence-corrected chi connectivity index (χ4v) is 2.22. The first-order valence-electron chi connectivity index (χ1n) is 5.26. The van der Waals surface area contributed by atoms with Crippen molar-refractivity contribution in [2.24, 2.45) is 18.7 Å². The monoisotopic (exact) mass is 221 g/mol. The summed E-state index contributed by atoms with van der Waals surface area (Å²) in [5.74, 6) is -0.952. The summed E-state index contributed by atoms with van der Waals surface area (Å²) in [5, 5.41) is 13.3. The number of aliphatic carboxylic acids is 1. The third-order valence-electron chi connectivity index (χ3n) is 3.18. The Morgan fingerprint density at radius 3 is 3.00 bits per heavy atom. The van der Waals surface area contributed by atoms with Gasteiger partial charge in [0.05, 0.1) is 17.5 Å². The Labute approximate surface area is 93.6 Å². The molecule has 0 bridgehead atoms. The molecule has 0 aliphatic heterocycles. The quantitative estimate of drug-likeness (QED) is 0.733. The second-order valence-corrected chi connectivity index (χ2v) is 4.20. The lowest BCUT2D eigenvalue weighted by Crippen LogP contribution is -2.14. The molecule has 3 N–H and O–H groups in total. The standard InChI is InChI=1S/C11H15N3O2/c1-6-3-4-8-7(5-13-14(8)2)10(12)9(6)11(15)16/h5-6H,3-4,12H2,1-2H3,(H,15,16)/t6-/m1/s1. The van der Waals surface area contributed by atoms with Gasteiger partial charge < -0.3 is 10.8 Å². The lowest BCUT2D eigenvalue weighted by molar-refractivity contribution is -0.133. The first-order valence-corrected chi connectivity index (χ1v) is 5.26. The molecule has 2 rings (SSSR count). The molecular weight excluding hydrogens is 206 g/mol. The predicted octanol–water partition coefficient (Wildman–Crippen LogP) is 0.757. The van der Waals surface area contributed by atoms with Crippen molar-refractivity contribution in [3.05, 3.63) is 23.0 Å². The van der Waals surface area contributed by atoms with Crippen LogP contribution in [0.2, 0.25) is 0 Å². The number of nitrogens with two attached hydrogens (primary N) is 1. The van der Waals surface area contributed by atoms with Crippen LogP contribution in [0.25, 0.3) is 5.70 Å². The SMILES string of the molecule is C[C@@H]1CCc2c(cnn2C)C(N)=C1C(=O)O. The van der Waals surface area contributed by atoms with E-state index in [2.05, 4.69) is 5.10 Å². The van der Waals surface area contributed by atoms with Crippen molar-refractivity contribution in [2.45, 2.75) is 19.8 Å². The van der Waals surface area contributed by atoms with E-state index in [4.69, 9.17) is 5.73 Å². The Kier molecular flexibility index (Phi) is 2.46. The number of aromatic nitrogens is 2. The summed E-state index contributed by atoms with van der Waals surface area (Å²) in [6.45, 7) is 1.90. The summed E-state index contributed by atoms with van der Waals surface area (Å²) in [4.78, 5) is 11.2. The van der Waals surface area contributed by atoms with Crippen LogP contribution in [0.3, 0.4) is 0 Å². The molecule has 0 saturated carbocycles. The van der Waals surface area contributed by atoms with E-state index in [1.54, 1.807) is 10.9 Å². The number of hydrogen-bond acceptors (Lipinski definition) is 3. The van der Waals surface area contributed by atoms with Crippen LogP contribution in [0.1, 0.15) is 24.6 Å². The van der Waals surface area contributed by atoms with E-state index >= 15 is 0 Å². The number of carboxylic acid groups (broad SMARTS) is 1. The zero-order valence-corrected chi connectivity index (χ0v) is 9.40. The first-order chi connectivity index (χ1) is 7.52. The summed E-state index contributed by atoms with van der Waals surface area (Å²) < 4.78 is 1.76. The molecule has 0 saturated heterocycles. The van der Waals surface area contributed by atoms with E-state index in [9.17, 15) is 9.90 Å². The first kappa shape index (κ1) is 10.7. The minimum absolute atomic E-state index is 0.0232. The summed E-state index contributed by atoms with van der Waals surface area (Å²) in [6, 6.07) is 0. The van der Waals surface area contributed by atoms with E-state index in [0.717, 1.165) is 24.1 Å². The molecule has 0 unspecified atom stereocenters. The molecule has 0 aromatic carbocycles. The van der Waals surface area contributed by atoms with Gasteiger partial charge in [-0.2, -0.15) is 5.10 Å². The van der Waals surface area contributed by atoms with Crippen molar-refractivity contribution in [2.75, 3.05) is 0 Å². The van der Waals surface area contributed by atoms with Crippen molar-refractivity contribution < 1.29 is 9.90 Å². The van der Waals surface area contributed by atoms with E-state index < -0.39 is 5.97 Å². The average molecular weight is 221 g/mol. The molecular formula is C11H15N3O2. The van der Waals surface area contributed by atoms with Gasteiger partial charge in [-0.3, -0.25) is 4.68 Å². The van der Waals surface area contributed by atoms with Crippen molar-refractivity contribution in [3.8, 4) is 0 Å². The molecule has 1 heterocycles. The number of fused-ring (bicyclic) bond motifs is 1. The molecule has 5 nitrogen and oxygen atoms in total. The van der Waals surface area contributed by atoms with Gasteiger partial charge in [0.25, 0.3) is 0 Å². The highest BCUT2D eigenvalue weighted by molar-refractivity contribution is 5.96. The molecule has 1 aromatic heterocycles. The molecule has 0 radical (unpaired) electrons. The Hall–Kier alpha value is -1.78. The van der Waals surface area contributed by atoms with E-state index in [0.29, 0.717) is 11.3 Å². The van der Waals surface area contributed by atoms with Crippen LogP contribution >= 0.6 is 0 Å². The molecule has 16 heavy (non-hydrogen) atoms. The normalized spacial score (nSPS) is 20.5. The smallest absolute Gasteiger partial charge is 0.333 e. The third kappa shape index (κ3) is 1.48. The van der Waals surface area contributed by atoms with Gasteiger partial charge in [-0.1, -0.05) is 6.92 Å². The van der Waals surface area contributed by atoms with Crippen LogP contribution in [-0.2, 0) is 18.3 Å². The number of carboxylic acids is 1. The van der Waals surface area contributed by atoms with Gasteiger partial charge in [-0.05, 0) is 18.8 Å². The number of hydrogen-bond donors (Lipinski definition) is 2. The topological polar surface area (TPSA) is 81.1 Å². The van der Waals surface area contributed by atoms with Crippen molar-refractivity contribution >= 4 is 11.7 Å².